The molecule has 0 amide bonds. The number of rotatable bonds is 6. The highest BCUT2D eigenvalue weighted by atomic mass is 32.2. The van der Waals surface area contributed by atoms with E-state index in [1.807, 2.05) is 0 Å². The first-order valence-corrected chi connectivity index (χ1v) is 9.24. The fourth-order valence-electron chi connectivity index (χ4n) is 2.16. The van der Waals surface area contributed by atoms with Gasteiger partial charge >= 0.3 is 0 Å². The lowest BCUT2D eigenvalue weighted by Gasteiger charge is -2.24. The van der Waals surface area contributed by atoms with E-state index >= 15 is 0 Å². The van der Waals surface area contributed by atoms with Gasteiger partial charge in [-0.2, -0.15) is 0 Å². The van der Waals surface area contributed by atoms with Gasteiger partial charge in [-0.25, -0.2) is 13.6 Å². The van der Waals surface area contributed by atoms with E-state index in [4.69, 9.17) is 22.1 Å². The maximum absolute atomic E-state index is 11.2. The van der Waals surface area contributed by atoms with Crippen LogP contribution < -0.4 is 26.2 Å². The Labute approximate surface area is 141 Å². The Kier molecular flexibility index (Phi) is 6.54. The van der Waals surface area contributed by atoms with Crippen LogP contribution in [0.5, 0.6) is 0 Å². The number of benzene rings is 1. The summed E-state index contributed by atoms with van der Waals surface area (Å²) in [6.07, 6.45) is 0. The SMILES string of the molecule is NS(=O)(=O)c1ccc(NNC(=S)NCC[NH+]2CCOCC2)cc1. The summed E-state index contributed by atoms with van der Waals surface area (Å²) in [6.45, 7) is 5.43. The van der Waals surface area contributed by atoms with Crippen LogP contribution in [0, 0.1) is 0 Å². The van der Waals surface area contributed by atoms with Crippen molar-refractivity contribution in [3.63, 3.8) is 0 Å². The summed E-state index contributed by atoms with van der Waals surface area (Å²) in [4.78, 5) is 1.57. The number of hydrazine groups is 1. The van der Waals surface area contributed by atoms with Crippen LogP contribution in [0.3, 0.4) is 0 Å². The molecule has 0 aliphatic carbocycles. The van der Waals surface area contributed by atoms with Crippen molar-refractivity contribution in [1.82, 2.24) is 10.7 Å². The minimum absolute atomic E-state index is 0.0669. The third-order valence-electron chi connectivity index (χ3n) is 3.47. The van der Waals surface area contributed by atoms with Crippen LogP contribution in [0.2, 0.25) is 0 Å². The number of ether oxygens (including phenoxy) is 1. The molecular formula is C13H22N5O3S2+. The first-order chi connectivity index (χ1) is 10.9. The number of sulfonamides is 1. The fraction of sp³-hybridized carbons (Fsp3) is 0.462. The van der Waals surface area contributed by atoms with Gasteiger partial charge in [0, 0.05) is 0 Å². The molecule has 0 spiro atoms. The van der Waals surface area contributed by atoms with Crippen molar-refractivity contribution < 1.29 is 18.1 Å². The van der Waals surface area contributed by atoms with Gasteiger partial charge in [0.05, 0.1) is 36.9 Å². The molecule has 0 saturated carbocycles. The second kappa shape index (κ2) is 8.41. The summed E-state index contributed by atoms with van der Waals surface area (Å²) >= 11 is 5.17. The molecule has 0 bridgehead atoms. The van der Waals surface area contributed by atoms with Gasteiger partial charge < -0.3 is 15.0 Å². The third-order valence-corrected chi connectivity index (χ3v) is 4.64. The number of nitrogens with one attached hydrogen (secondary N) is 4. The van der Waals surface area contributed by atoms with Crippen LogP contribution in [-0.2, 0) is 14.8 Å². The molecule has 1 saturated heterocycles. The minimum atomic E-state index is -3.67. The molecule has 1 fully saturated rings. The van der Waals surface area contributed by atoms with Crippen molar-refractivity contribution in [2.45, 2.75) is 4.90 Å². The molecule has 23 heavy (non-hydrogen) atoms. The van der Waals surface area contributed by atoms with Gasteiger partial charge in [-0.15, -0.1) is 0 Å². The van der Waals surface area contributed by atoms with Crippen molar-refractivity contribution in [2.75, 3.05) is 44.8 Å². The molecule has 0 aromatic heterocycles. The number of hydrogen-bond donors (Lipinski definition) is 5. The highest BCUT2D eigenvalue weighted by Crippen LogP contribution is 2.11. The Morgan fingerprint density at radius 2 is 1.91 bits per heavy atom. The maximum Gasteiger partial charge on any atom is 0.238 e. The molecule has 6 N–H and O–H groups in total. The highest BCUT2D eigenvalue weighted by molar-refractivity contribution is 7.89. The van der Waals surface area contributed by atoms with Crippen LogP contribution in [-0.4, -0.2) is 52.9 Å². The van der Waals surface area contributed by atoms with Crippen molar-refractivity contribution in [3.05, 3.63) is 24.3 Å². The summed E-state index contributed by atoms with van der Waals surface area (Å²) < 4.78 is 27.6. The van der Waals surface area contributed by atoms with Crippen molar-refractivity contribution in [2.24, 2.45) is 5.14 Å². The summed E-state index contributed by atoms with van der Waals surface area (Å²) in [7, 11) is -3.67. The largest absolute Gasteiger partial charge is 0.370 e. The average Bonchev–Trinajstić information content (AvgIpc) is 2.53. The molecule has 1 aliphatic heterocycles. The van der Waals surface area contributed by atoms with Gasteiger partial charge in [0.1, 0.15) is 13.1 Å². The predicted molar refractivity (Wildman–Crippen MR) is 91.6 cm³/mol. The standard InChI is InChI=1S/C13H21N5O3S2/c14-23(19,20)12-3-1-11(2-4-12)16-17-13(22)15-5-6-18-7-9-21-10-8-18/h1-4,16H,5-10H2,(H2,14,19,20)(H2,15,17,22)/p+1. The molecule has 8 nitrogen and oxygen atoms in total. The molecular weight excluding hydrogens is 338 g/mol. The van der Waals surface area contributed by atoms with E-state index in [-0.39, 0.29) is 4.90 Å². The van der Waals surface area contributed by atoms with Gasteiger partial charge in [-0.1, -0.05) is 0 Å². The van der Waals surface area contributed by atoms with Crippen molar-refractivity contribution >= 4 is 33.0 Å². The van der Waals surface area contributed by atoms with Gasteiger partial charge in [-0.05, 0) is 36.5 Å². The molecule has 0 unspecified atom stereocenters. The second-order valence-corrected chi connectivity index (χ2v) is 7.16. The second-order valence-electron chi connectivity index (χ2n) is 5.19. The molecule has 0 atom stereocenters. The first kappa shape index (κ1) is 17.9. The van der Waals surface area contributed by atoms with E-state index < -0.39 is 10.0 Å². The van der Waals surface area contributed by atoms with Crippen LogP contribution in [0.1, 0.15) is 0 Å². The molecule has 0 radical (unpaired) electrons. The molecule has 1 aliphatic rings. The van der Waals surface area contributed by atoms with Crippen LogP contribution in [0.25, 0.3) is 0 Å². The van der Waals surface area contributed by atoms with Gasteiger partial charge in [0.15, 0.2) is 5.11 Å². The zero-order valence-electron chi connectivity index (χ0n) is 12.7. The number of hydrogen-bond acceptors (Lipinski definition) is 5. The Morgan fingerprint density at radius 1 is 1.26 bits per heavy atom. The predicted octanol–water partition coefficient (Wildman–Crippen LogP) is -1.96. The normalized spacial score (nSPS) is 15.9. The fourth-order valence-corrected chi connectivity index (χ4v) is 2.83. The first-order valence-electron chi connectivity index (χ1n) is 7.29. The van der Waals surface area contributed by atoms with E-state index in [0.717, 1.165) is 39.4 Å². The molecule has 10 heteroatoms. The Morgan fingerprint density at radius 3 is 2.52 bits per heavy atom. The molecule has 128 valence electrons. The Hall–Kier alpha value is -1.46. The number of nitrogens with two attached hydrogens (primary N) is 1. The Bertz CT molecular complexity index is 615. The van der Waals surface area contributed by atoms with Crippen molar-refractivity contribution in [1.29, 1.82) is 0 Å². The zero-order valence-corrected chi connectivity index (χ0v) is 14.3. The monoisotopic (exact) mass is 360 g/mol. The summed E-state index contributed by atoms with van der Waals surface area (Å²) in [6, 6.07) is 6.07. The lowest BCUT2D eigenvalue weighted by atomic mass is 10.3. The van der Waals surface area contributed by atoms with E-state index in [1.165, 1.54) is 17.0 Å². The quantitative estimate of drug-likeness (QED) is 0.296. The van der Waals surface area contributed by atoms with Crippen LogP contribution in [0.4, 0.5) is 5.69 Å². The molecule has 1 heterocycles. The van der Waals surface area contributed by atoms with Gasteiger partial charge in [0.2, 0.25) is 10.0 Å². The topological polar surface area (TPSA) is 110 Å². The van der Waals surface area contributed by atoms with E-state index in [1.54, 1.807) is 12.1 Å². The lowest BCUT2D eigenvalue weighted by Crippen LogP contribution is -3.14. The number of morpholine rings is 1. The molecule has 1 aromatic rings. The summed E-state index contributed by atoms with van der Waals surface area (Å²) in [5, 5.41) is 8.64. The minimum Gasteiger partial charge on any atom is -0.370 e. The van der Waals surface area contributed by atoms with Gasteiger partial charge in [0.25, 0.3) is 0 Å². The molecule has 2 rings (SSSR count). The summed E-state index contributed by atoms with van der Waals surface area (Å²) in [5.74, 6) is 0. The number of anilines is 1. The smallest absolute Gasteiger partial charge is 0.238 e. The number of primary sulfonamides is 1. The van der Waals surface area contributed by atoms with E-state index in [9.17, 15) is 8.42 Å². The van der Waals surface area contributed by atoms with Crippen molar-refractivity contribution in [3.8, 4) is 0 Å². The van der Waals surface area contributed by atoms with E-state index in [2.05, 4.69) is 16.2 Å². The molecule has 1 aromatic carbocycles. The number of thiocarbonyl (C=S) groups is 1. The average molecular weight is 360 g/mol. The maximum atomic E-state index is 11.2. The van der Waals surface area contributed by atoms with E-state index in [0.29, 0.717) is 10.8 Å². The Balaban J connectivity index is 1.67. The third kappa shape index (κ3) is 6.28. The highest BCUT2D eigenvalue weighted by Gasteiger charge is 2.12. The lowest BCUT2D eigenvalue weighted by molar-refractivity contribution is -0.906. The number of quaternary nitrogens is 1. The van der Waals surface area contributed by atoms with Crippen LogP contribution in [0.15, 0.2) is 29.2 Å². The van der Waals surface area contributed by atoms with Gasteiger partial charge in [-0.3, -0.25) is 10.9 Å². The summed E-state index contributed by atoms with van der Waals surface area (Å²) in [5.41, 5.74) is 6.43. The van der Waals surface area contributed by atoms with Crippen LogP contribution >= 0.6 is 12.2 Å². The zero-order chi connectivity index (χ0) is 16.7.